The van der Waals surface area contributed by atoms with Gasteiger partial charge in [-0.15, -0.1) is 0 Å². The first-order chi connectivity index (χ1) is 5.08. The molecular formula is C8H14Cl2O. The fourth-order valence-electron chi connectivity index (χ4n) is 1.74. The third-order valence-corrected chi connectivity index (χ3v) is 2.57. The molecule has 0 amide bonds. The molecule has 0 heterocycles. The van der Waals surface area contributed by atoms with Crippen molar-refractivity contribution in [2.75, 3.05) is 0 Å². The van der Waals surface area contributed by atoms with E-state index in [1.165, 1.54) is 32.1 Å². The first kappa shape index (κ1) is 9.63. The van der Waals surface area contributed by atoms with Gasteiger partial charge in [0.15, 0.2) is 0 Å². The monoisotopic (exact) mass is 196 g/mol. The molecule has 0 atom stereocenters. The fraction of sp³-hybridized carbons (Fsp3) is 1.00. The normalized spacial score (nSPS) is 22.1. The van der Waals surface area contributed by atoms with Crippen molar-refractivity contribution >= 4 is 23.2 Å². The van der Waals surface area contributed by atoms with Gasteiger partial charge in [0.2, 0.25) is 4.52 Å². The van der Waals surface area contributed by atoms with E-state index >= 15 is 0 Å². The third kappa shape index (κ3) is 4.19. The van der Waals surface area contributed by atoms with Crippen molar-refractivity contribution in [1.29, 1.82) is 0 Å². The molecule has 0 spiro atoms. The molecule has 66 valence electrons. The Hall–Kier alpha value is 0.540. The van der Waals surface area contributed by atoms with Gasteiger partial charge in [-0.2, -0.15) is 0 Å². The van der Waals surface area contributed by atoms with E-state index in [1.54, 1.807) is 0 Å². The van der Waals surface area contributed by atoms with Crippen LogP contribution in [0.25, 0.3) is 0 Å². The van der Waals surface area contributed by atoms with Crippen LogP contribution in [0.3, 0.4) is 0 Å². The summed E-state index contributed by atoms with van der Waals surface area (Å²) in [7, 11) is 0. The van der Waals surface area contributed by atoms with Gasteiger partial charge < -0.3 is 5.11 Å². The van der Waals surface area contributed by atoms with E-state index in [9.17, 15) is 0 Å². The Morgan fingerprint density at radius 2 is 1.73 bits per heavy atom. The summed E-state index contributed by atoms with van der Waals surface area (Å²) in [6.45, 7) is 0. The van der Waals surface area contributed by atoms with Crippen LogP contribution in [0.5, 0.6) is 0 Å². The second kappa shape index (κ2) is 3.97. The van der Waals surface area contributed by atoms with Gasteiger partial charge in [0.05, 0.1) is 0 Å². The van der Waals surface area contributed by atoms with Gasteiger partial charge in [-0.1, -0.05) is 55.3 Å². The van der Waals surface area contributed by atoms with E-state index in [-0.39, 0.29) is 0 Å². The maximum Gasteiger partial charge on any atom is 0.215 e. The number of aliphatic hydroxyl groups is 1. The molecule has 0 aliphatic heterocycles. The molecule has 0 radical (unpaired) electrons. The van der Waals surface area contributed by atoms with Crippen molar-refractivity contribution in [2.45, 2.75) is 43.0 Å². The molecule has 1 N–H and O–H groups in total. The summed E-state index contributed by atoms with van der Waals surface area (Å²) in [6.07, 6.45) is 6.70. The number of hydrogen-bond donors (Lipinski definition) is 1. The minimum atomic E-state index is -1.50. The van der Waals surface area contributed by atoms with Crippen LogP contribution in [0.2, 0.25) is 0 Å². The Labute approximate surface area is 77.7 Å². The smallest absolute Gasteiger partial charge is 0.215 e. The molecule has 1 saturated carbocycles. The maximum atomic E-state index is 9.10. The Balaban J connectivity index is 2.24. The summed E-state index contributed by atoms with van der Waals surface area (Å²) in [5, 5.41) is 9.10. The zero-order chi connectivity index (χ0) is 8.32. The maximum absolute atomic E-state index is 9.10. The SMILES string of the molecule is OC(Cl)(Cl)CC1CCCCC1. The van der Waals surface area contributed by atoms with Crippen molar-refractivity contribution in [2.24, 2.45) is 5.92 Å². The lowest BCUT2D eigenvalue weighted by Crippen LogP contribution is -2.19. The highest BCUT2D eigenvalue weighted by molar-refractivity contribution is 6.46. The van der Waals surface area contributed by atoms with Crippen molar-refractivity contribution in [1.82, 2.24) is 0 Å². The van der Waals surface area contributed by atoms with Crippen LogP contribution in [0, 0.1) is 5.92 Å². The van der Waals surface area contributed by atoms with Gasteiger partial charge in [-0.05, 0) is 5.92 Å². The van der Waals surface area contributed by atoms with Crippen molar-refractivity contribution in [3.8, 4) is 0 Å². The predicted molar refractivity (Wildman–Crippen MR) is 47.8 cm³/mol. The van der Waals surface area contributed by atoms with Crippen LogP contribution in [0.1, 0.15) is 38.5 Å². The number of alkyl halides is 2. The Kier molecular flexibility index (Phi) is 3.48. The van der Waals surface area contributed by atoms with Gasteiger partial charge in [0, 0.05) is 6.42 Å². The summed E-state index contributed by atoms with van der Waals surface area (Å²) in [5.74, 6) is 0.531. The lowest BCUT2D eigenvalue weighted by Gasteiger charge is -2.24. The molecular weight excluding hydrogens is 183 g/mol. The Morgan fingerprint density at radius 3 is 2.18 bits per heavy atom. The summed E-state index contributed by atoms with van der Waals surface area (Å²) in [4.78, 5) is 0. The quantitative estimate of drug-likeness (QED) is 0.674. The number of rotatable bonds is 2. The van der Waals surface area contributed by atoms with Gasteiger partial charge in [0.25, 0.3) is 0 Å². The summed E-state index contributed by atoms with van der Waals surface area (Å²) < 4.78 is -1.50. The van der Waals surface area contributed by atoms with E-state index in [2.05, 4.69) is 0 Å². The van der Waals surface area contributed by atoms with E-state index in [1.807, 2.05) is 0 Å². The first-order valence-corrected chi connectivity index (χ1v) is 4.94. The lowest BCUT2D eigenvalue weighted by atomic mass is 9.87. The zero-order valence-corrected chi connectivity index (χ0v) is 8.03. The highest BCUT2D eigenvalue weighted by Gasteiger charge is 2.25. The predicted octanol–water partition coefficient (Wildman–Crippen LogP) is 3.08. The van der Waals surface area contributed by atoms with E-state index in [4.69, 9.17) is 28.3 Å². The first-order valence-electron chi connectivity index (χ1n) is 4.18. The molecule has 1 rings (SSSR count). The molecule has 1 nitrogen and oxygen atoms in total. The highest BCUT2D eigenvalue weighted by atomic mass is 35.5. The zero-order valence-electron chi connectivity index (χ0n) is 6.52. The minimum Gasteiger partial charge on any atom is -0.363 e. The molecule has 3 heteroatoms. The van der Waals surface area contributed by atoms with Gasteiger partial charge in [-0.3, -0.25) is 0 Å². The second-order valence-electron chi connectivity index (χ2n) is 3.37. The van der Waals surface area contributed by atoms with Crippen LogP contribution >= 0.6 is 23.2 Å². The average molecular weight is 197 g/mol. The number of halogens is 2. The van der Waals surface area contributed by atoms with Crippen LogP contribution in [-0.4, -0.2) is 9.63 Å². The molecule has 0 aromatic rings. The average Bonchev–Trinajstić information content (AvgIpc) is 1.85. The molecule has 1 aliphatic rings. The largest absolute Gasteiger partial charge is 0.363 e. The lowest BCUT2D eigenvalue weighted by molar-refractivity contribution is 0.162. The van der Waals surface area contributed by atoms with Gasteiger partial charge >= 0.3 is 0 Å². The van der Waals surface area contributed by atoms with Crippen LogP contribution in [0.4, 0.5) is 0 Å². The molecule has 1 aliphatic carbocycles. The highest BCUT2D eigenvalue weighted by Crippen LogP contribution is 2.34. The van der Waals surface area contributed by atoms with Gasteiger partial charge in [-0.25, -0.2) is 0 Å². The second-order valence-corrected chi connectivity index (χ2v) is 4.82. The fourth-order valence-corrected chi connectivity index (χ4v) is 2.18. The summed E-state index contributed by atoms with van der Waals surface area (Å²) >= 11 is 11.0. The third-order valence-electron chi connectivity index (χ3n) is 2.26. The molecule has 11 heavy (non-hydrogen) atoms. The molecule has 0 unspecified atom stereocenters. The molecule has 0 aromatic heterocycles. The molecule has 1 fully saturated rings. The van der Waals surface area contributed by atoms with E-state index in [0.29, 0.717) is 12.3 Å². The van der Waals surface area contributed by atoms with E-state index in [0.717, 1.165) is 0 Å². The molecule has 0 bridgehead atoms. The minimum absolute atomic E-state index is 0.524. The van der Waals surface area contributed by atoms with Crippen LogP contribution in [0.15, 0.2) is 0 Å². The van der Waals surface area contributed by atoms with Crippen LogP contribution in [-0.2, 0) is 0 Å². The summed E-state index contributed by atoms with van der Waals surface area (Å²) in [5.41, 5.74) is 0. The van der Waals surface area contributed by atoms with Crippen molar-refractivity contribution < 1.29 is 5.11 Å². The van der Waals surface area contributed by atoms with Crippen molar-refractivity contribution in [3.05, 3.63) is 0 Å². The molecule has 0 aromatic carbocycles. The Bertz CT molecular complexity index is 114. The van der Waals surface area contributed by atoms with Gasteiger partial charge in [0.1, 0.15) is 0 Å². The standard InChI is InChI=1S/C8H14Cl2O/c9-8(10,11)6-7-4-2-1-3-5-7/h7,11H,1-6H2. The Morgan fingerprint density at radius 1 is 1.18 bits per heavy atom. The topological polar surface area (TPSA) is 20.2 Å². The number of hydrogen-bond acceptors (Lipinski definition) is 1. The van der Waals surface area contributed by atoms with Crippen LogP contribution < -0.4 is 0 Å². The van der Waals surface area contributed by atoms with E-state index < -0.39 is 4.52 Å². The summed E-state index contributed by atoms with van der Waals surface area (Å²) in [6, 6.07) is 0. The molecule has 0 saturated heterocycles. The van der Waals surface area contributed by atoms with Crippen molar-refractivity contribution in [3.63, 3.8) is 0 Å².